The van der Waals surface area contributed by atoms with Gasteiger partial charge in [0.05, 0.1) is 5.41 Å². The molecule has 2 aliphatic heterocycles. The zero-order valence-corrected chi connectivity index (χ0v) is 14.0. The predicted octanol–water partition coefficient (Wildman–Crippen LogP) is 2.76. The van der Waals surface area contributed by atoms with Gasteiger partial charge in [0.2, 0.25) is 5.91 Å². The molecule has 4 heteroatoms. The molecule has 0 radical (unpaired) electrons. The minimum atomic E-state index is -0.580. The smallest absolute Gasteiger partial charge is 0.254 e. The Morgan fingerprint density at radius 3 is 2.58 bits per heavy atom. The third-order valence-electron chi connectivity index (χ3n) is 5.43. The number of anilines is 1. The summed E-state index contributed by atoms with van der Waals surface area (Å²) in [4.78, 5) is 29.4. The van der Waals surface area contributed by atoms with Crippen molar-refractivity contribution in [3.63, 3.8) is 0 Å². The van der Waals surface area contributed by atoms with Gasteiger partial charge in [-0.3, -0.25) is 9.59 Å². The van der Waals surface area contributed by atoms with Crippen LogP contribution < -0.4 is 4.90 Å². The van der Waals surface area contributed by atoms with E-state index in [1.807, 2.05) is 67.4 Å². The molecule has 0 bridgehead atoms. The molecule has 122 valence electrons. The molecule has 4 nitrogen and oxygen atoms in total. The van der Waals surface area contributed by atoms with Crippen molar-refractivity contribution in [1.29, 1.82) is 0 Å². The molecule has 1 spiro atoms. The molecular weight excluding hydrogens is 300 g/mol. The van der Waals surface area contributed by atoms with E-state index in [-0.39, 0.29) is 11.8 Å². The van der Waals surface area contributed by atoms with Gasteiger partial charge in [-0.2, -0.15) is 0 Å². The standard InChI is InChI=1S/C20H20N2O2/c1-14-7-3-4-8-15(14)18(23)22-12-11-20(13-22)16-9-5-6-10-17(16)21(2)19(20)24/h3-10H,11-13H2,1-2H3/t20-/m1/s1. The molecule has 0 saturated carbocycles. The fourth-order valence-corrected chi connectivity index (χ4v) is 4.08. The van der Waals surface area contributed by atoms with Gasteiger partial charge >= 0.3 is 0 Å². The van der Waals surface area contributed by atoms with Crippen LogP contribution >= 0.6 is 0 Å². The molecule has 1 fully saturated rings. The SMILES string of the molecule is Cc1ccccc1C(=O)N1CC[C@]2(C1)C(=O)N(C)c1ccccc12. The Morgan fingerprint density at radius 2 is 1.79 bits per heavy atom. The minimum Gasteiger partial charge on any atom is -0.337 e. The van der Waals surface area contributed by atoms with Gasteiger partial charge in [0.1, 0.15) is 0 Å². The Labute approximate surface area is 141 Å². The highest BCUT2D eigenvalue weighted by Crippen LogP contribution is 2.46. The summed E-state index contributed by atoms with van der Waals surface area (Å²) in [6, 6.07) is 15.6. The second kappa shape index (κ2) is 5.20. The number of carbonyl (C=O) groups excluding carboxylic acids is 2. The highest BCUT2D eigenvalue weighted by Gasteiger charge is 2.54. The number of hydrogen-bond donors (Lipinski definition) is 0. The van der Waals surface area contributed by atoms with E-state index in [1.54, 1.807) is 4.90 Å². The first-order valence-electron chi connectivity index (χ1n) is 8.27. The van der Waals surface area contributed by atoms with E-state index >= 15 is 0 Å². The van der Waals surface area contributed by atoms with E-state index in [9.17, 15) is 9.59 Å². The van der Waals surface area contributed by atoms with E-state index in [2.05, 4.69) is 0 Å². The van der Waals surface area contributed by atoms with Crippen molar-refractivity contribution in [2.75, 3.05) is 25.0 Å². The fraction of sp³-hybridized carbons (Fsp3) is 0.300. The summed E-state index contributed by atoms with van der Waals surface area (Å²) in [5.74, 6) is 0.119. The van der Waals surface area contributed by atoms with E-state index in [1.165, 1.54) is 0 Å². The molecule has 0 N–H and O–H groups in total. The number of benzene rings is 2. The molecule has 24 heavy (non-hydrogen) atoms. The third kappa shape index (κ3) is 1.92. The maximum Gasteiger partial charge on any atom is 0.254 e. The van der Waals surface area contributed by atoms with E-state index < -0.39 is 5.41 Å². The number of rotatable bonds is 1. The fourth-order valence-electron chi connectivity index (χ4n) is 4.08. The second-order valence-corrected chi connectivity index (χ2v) is 6.76. The number of hydrogen-bond acceptors (Lipinski definition) is 2. The maximum absolute atomic E-state index is 12.9. The number of carbonyl (C=O) groups is 2. The molecule has 2 amide bonds. The number of fused-ring (bicyclic) bond motifs is 2. The van der Waals surface area contributed by atoms with Gasteiger partial charge in [-0.1, -0.05) is 36.4 Å². The van der Waals surface area contributed by atoms with Gasteiger partial charge in [0.15, 0.2) is 0 Å². The lowest BCUT2D eigenvalue weighted by Gasteiger charge is -2.24. The zero-order chi connectivity index (χ0) is 16.9. The second-order valence-electron chi connectivity index (χ2n) is 6.76. The van der Waals surface area contributed by atoms with Crippen LogP contribution in [0.4, 0.5) is 5.69 Å². The van der Waals surface area contributed by atoms with Gasteiger partial charge in [-0.15, -0.1) is 0 Å². The van der Waals surface area contributed by atoms with Crippen molar-refractivity contribution < 1.29 is 9.59 Å². The molecule has 0 aromatic heterocycles. The van der Waals surface area contributed by atoms with Crippen molar-refractivity contribution in [1.82, 2.24) is 4.90 Å². The normalized spacial score (nSPS) is 22.3. The Hall–Kier alpha value is -2.62. The first-order chi connectivity index (χ1) is 11.5. The highest BCUT2D eigenvalue weighted by molar-refractivity contribution is 6.09. The van der Waals surface area contributed by atoms with Crippen LogP contribution in [-0.4, -0.2) is 36.9 Å². The Bertz CT molecular complexity index is 845. The van der Waals surface area contributed by atoms with Crippen molar-refractivity contribution in [3.8, 4) is 0 Å². The summed E-state index contributed by atoms with van der Waals surface area (Å²) < 4.78 is 0. The average Bonchev–Trinajstić information content (AvgIpc) is 3.14. The summed E-state index contributed by atoms with van der Waals surface area (Å²) in [6.07, 6.45) is 0.685. The molecule has 1 saturated heterocycles. The minimum absolute atomic E-state index is 0.0183. The van der Waals surface area contributed by atoms with Crippen LogP contribution in [0, 0.1) is 6.92 Å². The number of nitrogens with zero attached hydrogens (tertiary/aromatic N) is 2. The van der Waals surface area contributed by atoms with Crippen LogP contribution in [0.3, 0.4) is 0 Å². The van der Waals surface area contributed by atoms with Gasteiger partial charge in [-0.05, 0) is 36.6 Å². The molecule has 2 aromatic rings. The first-order valence-corrected chi connectivity index (χ1v) is 8.27. The van der Waals surface area contributed by atoms with Gasteiger partial charge in [-0.25, -0.2) is 0 Å². The number of likely N-dealkylation sites (N-methyl/N-ethyl adjacent to an activating group) is 1. The lowest BCUT2D eigenvalue weighted by molar-refractivity contribution is -0.122. The van der Waals surface area contributed by atoms with Gasteiger partial charge < -0.3 is 9.80 Å². The van der Waals surface area contributed by atoms with Crippen LogP contribution in [0.2, 0.25) is 0 Å². The van der Waals surface area contributed by atoms with Crippen LogP contribution in [0.25, 0.3) is 0 Å². The molecule has 2 aromatic carbocycles. The van der Waals surface area contributed by atoms with Crippen molar-refractivity contribution in [2.24, 2.45) is 0 Å². The zero-order valence-electron chi connectivity index (χ0n) is 14.0. The summed E-state index contributed by atoms with van der Waals surface area (Å²) >= 11 is 0. The molecule has 2 heterocycles. The Balaban J connectivity index is 1.69. The summed E-state index contributed by atoms with van der Waals surface area (Å²) in [6.45, 7) is 3.02. The molecule has 0 aliphatic carbocycles. The van der Waals surface area contributed by atoms with Crippen LogP contribution in [0.1, 0.15) is 27.9 Å². The largest absolute Gasteiger partial charge is 0.337 e. The number of amides is 2. The quantitative estimate of drug-likeness (QED) is 0.811. The molecule has 2 aliphatic rings. The van der Waals surface area contributed by atoms with Gasteiger partial charge in [0, 0.05) is 31.4 Å². The average molecular weight is 320 g/mol. The lowest BCUT2D eigenvalue weighted by Crippen LogP contribution is -2.42. The van der Waals surface area contributed by atoms with E-state index in [0.29, 0.717) is 19.5 Å². The monoisotopic (exact) mass is 320 g/mol. The number of likely N-dealkylation sites (tertiary alicyclic amines) is 1. The van der Waals surface area contributed by atoms with Crippen LogP contribution in [0.15, 0.2) is 48.5 Å². The Morgan fingerprint density at radius 1 is 1.08 bits per heavy atom. The Kier molecular flexibility index (Phi) is 3.23. The number of para-hydroxylation sites is 1. The highest BCUT2D eigenvalue weighted by atomic mass is 16.2. The van der Waals surface area contributed by atoms with Gasteiger partial charge in [0.25, 0.3) is 5.91 Å². The van der Waals surface area contributed by atoms with E-state index in [0.717, 1.165) is 22.4 Å². The molecule has 4 rings (SSSR count). The maximum atomic E-state index is 12.9. The van der Waals surface area contributed by atoms with Crippen LogP contribution in [0.5, 0.6) is 0 Å². The predicted molar refractivity (Wildman–Crippen MR) is 93.2 cm³/mol. The van der Waals surface area contributed by atoms with Crippen LogP contribution in [-0.2, 0) is 10.2 Å². The summed E-state index contributed by atoms with van der Waals surface area (Å²) in [5.41, 5.74) is 3.13. The van der Waals surface area contributed by atoms with Crippen molar-refractivity contribution in [2.45, 2.75) is 18.8 Å². The number of aryl methyl sites for hydroxylation is 1. The van der Waals surface area contributed by atoms with Crippen molar-refractivity contribution >= 4 is 17.5 Å². The lowest BCUT2D eigenvalue weighted by atomic mass is 9.81. The molecule has 1 atom stereocenters. The van der Waals surface area contributed by atoms with E-state index in [4.69, 9.17) is 0 Å². The van der Waals surface area contributed by atoms with Crippen molar-refractivity contribution in [3.05, 3.63) is 65.2 Å². The first kappa shape index (κ1) is 14.9. The molecular formula is C20H20N2O2. The molecule has 0 unspecified atom stereocenters. The topological polar surface area (TPSA) is 40.6 Å². The summed E-state index contributed by atoms with van der Waals surface area (Å²) in [5, 5.41) is 0. The third-order valence-corrected chi connectivity index (χ3v) is 5.43. The summed E-state index contributed by atoms with van der Waals surface area (Å²) in [7, 11) is 1.82.